The van der Waals surface area contributed by atoms with Crippen LogP contribution in [0.2, 0.25) is 5.02 Å². The summed E-state index contributed by atoms with van der Waals surface area (Å²) >= 11 is 11.6. The molecule has 1 aromatic rings. The van der Waals surface area contributed by atoms with Gasteiger partial charge < -0.3 is 5.11 Å². The van der Waals surface area contributed by atoms with Crippen LogP contribution in [0.25, 0.3) is 5.03 Å². The quantitative estimate of drug-likeness (QED) is 0.518. The number of carboxylic acids is 1. The first-order valence-corrected chi connectivity index (χ1v) is 5.27. The number of rotatable bonds is 3. The Balaban J connectivity index is 2.98. The van der Waals surface area contributed by atoms with Crippen molar-refractivity contribution in [1.82, 2.24) is 0 Å². The molecule has 0 radical (unpaired) electrons. The van der Waals surface area contributed by atoms with E-state index in [-0.39, 0.29) is 5.57 Å². The fourth-order valence-corrected chi connectivity index (χ4v) is 1.33. The van der Waals surface area contributed by atoms with Gasteiger partial charge in [0.15, 0.2) is 0 Å². The van der Waals surface area contributed by atoms with E-state index in [0.717, 1.165) is 6.08 Å². The third-order valence-electron chi connectivity index (χ3n) is 1.87. The molecule has 0 spiro atoms. The van der Waals surface area contributed by atoms with Crippen LogP contribution in [0.15, 0.2) is 42.0 Å². The fourth-order valence-electron chi connectivity index (χ4n) is 1.02. The number of nitriles is 1. The topological polar surface area (TPSA) is 61.1 Å². The average molecular weight is 268 g/mol. The van der Waals surface area contributed by atoms with Crippen molar-refractivity contribution in [3.8, 4) is 6.07 Å². The summed E-state index contributed by atoms with van der Waals surface area (Å²) in [5, 5.41) is 18.0. The van der Waals surface area contributed by atoms with Gasteiger partial charge in [-0.2, -0.15) is 5.26 Å². The molecule has 0 heterocycles. The first-order chi connectivity index (χ1) is 8.04. The predicted molar refractivity (Wildman–Crippen MR) is 66.6 cm³/mol. The summed E-state index contributed by atoms with van der Waals surface area (Å²) in [7, 11) is 0. The first-order valence-electron chi connectivity index (χ1n) is 4.51. The van der Waals surface area contributed by atoms with Gasteiger partial charge in [0, 0.05) is 10.1 Å². The van der Waals surface area contributed by atoms with Gasteiger partial charge in [0.05, 0.1) is 0 Å². The Morgan fingerprint density at radius 2 is 1.88 bits per heavy atom. The summed E-state index contributed by atoms with van der Waals surface area (Å²) in [6.07, 6.45) is 2.51. The van der Waals surface area contributed by atoms with Crippen LogP contribution < -0.4 is 0 Å². The van der Waals surface area contributed by atoms with E-state index in [1.165, 1.54) is 6.08 Å². The number of allylic oxidation sites excluding steroid dienone is 2. The van der Waals surface area contributed by atoms with Crippen molar-refractivity contribution in [2.45, 2.75) is 0 Å². The van der Waals surface area contributed by atoms with Crippen molar-refractivity contribution in [1.29, 1.82) is 5.26 Å². The standard InChI is InChI=1S/C12H7Cl2NO2/c13-10-4-1-8(2-5-10)11(14)6-3-9(7-15)12(16)17/h1-6H,(H,16,17)/b9-3-,11-6+. The van der Waals surface area contributed by atoms with Crippen LogP contribution in [0.5, 0.6) is 0 Å². The monoisotopic (exact) mass is 267 g/mol. The Kier molecular flexibility index (Phi) is 4.77. The SMILES string of the molecule is N#C/C(=C/C=C(/Cl)c1ccc(Cl)cc1)C(=O)O. The minimum absolute atomic E-state index is 0.329. The summed E-state index contributed by atoms with van der Waals surface area (Å²) in [6, 6.07) is 8.28. The van der Waals surface area contributed by atoms with Crippen molar-refractivity contribution >= 4 is 34.2 Å². The minimum Gasteiger partial charge on any atom is -0.477 e. The Morgan fingerprint density at radius 3 is 2.35 bits per heavy atom. The van der Waals surface area contributed by atoms with Crippen LogP contribution in [0.4, 0.5) is 0 Å². The third-order valence-corrected chi connectivity index (χ3v) is 2.46. The number of aliphatic carboxylic acids is 1. The van der Waals surface area contributed by atoms with Crippen LogP contribution in [0.1, 0.15) is 5.56 Å². The molecule has 0 aliphatic heterocycles. The summed E-state index contributed by atoms with van der Waals surface area (Å²) in [6.45, 7) is 0. The molecule has 86 valence electrons. The molecule has 0 saturated carbocycles. The molecule has 0 saturated heterocycles. The maximum Gasteiger partial charge on any atom is 0.346 e. The van der Waals surface area contributed by atoms with Crippen molar-refractivity contribution < 1.29 is 9.90 Å². The molecule has 0 unspecified atom stereocenters. The number of carboxylic acid groups (broad SMARTS) is 1. The van der Waals surface area contributed by atoms with Gasteiger partial charge in [-0.25, -0.2) is 4.79 Å². The highest BCUT2D eigenvalue weighted by Gasteiger charge is 2.04. The highest BCUT2D eigenvalue weighted by molar-refractivity contribution is 6.49. The molecule has 0 aliphatic rings. The number of carbonyl (C=O) groups is 1. The Morgan fingerprint density at radius 1 is 1.29 bits per heavy atom. The second kappa shape index (κ2) is 6.09. The van der Waals surface area contributed by atoms with Crippen LogP contribution in [-0.2, 0) is 4.79 Å². The average Bonchev–Trinajstić information content (AvgIpc) is 2.30. The van der Waals surface area contributed by atoms with Crippen molar-refractivity contribution in [3.05, 3.63) is 52.6 Å². The lowest BCUT2D eigenvalue weighted by atomic mass is 10.2. The van der Waals surface area contributed by atoms with E-state index in [2.05, 4.69) is 0 Å². The largest absolute Gasteiger partial charge is 0.477 e. The van der Waals surface area contributed by atoms with Gasteiger partial charge in [0.1, 0.15) is 11.6 Å². The highest BCUT2D eigenvalue weighted by Crippen LogP contribution is 2.21. The number of hydrogen-bond acceptors (Lipinski definition) is 2. The van der Waals surface area contributed by atoms with Gasteiger partial charge in [0.25, 0.3) is 0 Å². The van der Waals surface area contributed by atoms with E-state index < -0.39 is 5.97 Å². The molecule has 1 aromatic carbocycles. The lowest BCUT2D eigenvalue weighted by Crippen LogP contribution is -1.96. The molecule has 0 fully saturated rings. The molecule has 0 atom stereocenters. The summed E-state index contributed by atoms with van der Waals surface area (Å²) in [5.41, 5.74) is 0.312. The number of benzene rings is 1. The minimum atomic E-state index is -1.29. The number of halogens is 2. The maximum absolute atomic E-state index is 10.5. The molecule has 0 amide bonds. The van der Waals surface area contributed by atoms with Gasteiger partial charge in [-0.05, 0) is 29.8 Å². The summed E-state index contributed by atoms with van der Waals surface area (Å²) in [4.78, 5) is 10.5. The van der Waals surface area contributed by atoms with E-state index in [1.54, 1.807) is 30.3 Å². The van der Waals surface area contributed by atoms with Gasteiger partial charge in [-0.15, -0.1) is 0 Å². The van der Waals surface area contributed by atoms with E-state index >= 15 is 0 Å². The smallest absolute Gasteiger partial charge is 0.346 e. The molecule has 5 heteroatoms. The molecule has 1 rings (SSSR count). The van der Waals surface area contributed by atoms with Gasteiger partial charge >= 0.3 is 5.97 Å². The van der Waals surface area contributed by atoms with Crippen LogP contribution in [0.3, 0.4) is 0 Å². The van der Waals surface area contributed by atoms with Crippen LogP contribution >= 0.6 is 23.2 Å². The molecule has 0 aliphatic carbocycles. The highest BCUT2D eigenvalue weighted by atomic mass is 35.5. The second-order valence-electron chi connectivity index (χ2n) is 3.02. The lowest BCUT2D eigenvalue weighted by molar-refractivity contribution is -0.132. The van der Waals surface area contributed by atoms with Gasteiger partial charge in [0.2, 0.25) is 0 Å². The fraction of sp³-hybridized carbons (Fsp3) is 0. The Hall–Kier alpha value is -1.76. The van der Waals surface area contributed by atoms with E-state index in [9.17, 15) is 4.79 Å². The Labute approximate surface area is 108 Å². The molecule has 17 heavy (non-hydrogen) atoms. The molecule has 0 aromatic heterocycles. The molecular formula is C12H7Cl2NO2. The van der Waals surface area contributed by atoms with Crippen LogP contribution in [0, 0.1) is 11.3 Å². The van der Waals surface area contributed by atoms with Gasteiger partial charge in [-0.3, -0.25) is 0 Å². The molecule has 0 bridgehead atoms. The maximum atomic E-state index is 10.5. The normalized spacial score (nSPS) is 12.1. The van der Waals surface area contributed by atoms with Gasteiger partial charge in [-0.1, -0.05) is 35.3 Å². The van der Waals surface area contributed by atoms with Crippen molar-refractivity contribution in [3.63, 3.8) is 0 Å². The summed E-state index contributed by atoms with van der Waals surface area (Å²) < 4.78 is 0. The lowest BCUT2D eigenvalue weighted by Gasteiger charge is -1.97. The zero-order chi connectivity index (χ0) is 12.8. The molecule has 3 nitrogen and oxygen atoms in total. The molecular weight excluding hydrogens is 261 g/mol. The van der Waals surface area contributed by atoms with E-state index in [4.69, 9.17) is 33.6 Å². The predicted octanol–water partition coefficient (Wildman–Crippen LogP) is 3.45. The summed E-state index contributed by atoms with van der Waals surface area (Å²) in [5.74, 6) is -1.29. The van der Waals surface area contributed by atoms with Crippen molar-refractivity contribution in [2.75, 3.05) is 0 Å². The second-order valence-corrected chi connectivity index (χ2v) is 3.86. The number of nitrogens with zero attached hydrogens (tertiary/aromatic N) is 1. The van der Waals surface area contributed by atoms with E-state index in [0.29, 0.717) is 15.6 Å². The zero-order valence-electron chi connectivity index (χ0n) is 8.52. The van der Waals surface area contributed by atoms with Crippen LogP contribution in [-0.4, -0.2) is 11.1 Å². The first kappa shape index (κ1) is 13.3. The number of hydrogen-bond donors (Lipinski definition) is 1. The van der Waals surface area contributed by atoms with E-state index in [1.807, 2.05) is 0 Å². The Bertz CT molecular complexity index is 524. The zero-order valence-corrected chi connectivity index (χ0v) is 10.0. The van der Waals surface area contributed by atoms with Crippen molar-refractivity contribution in [2.24, 2.45) is 0 Å². The third kappa shape index (κ3) is 3.95. The molecule has 1 N–H and O–H groups in total.